The molecule has 0 aliphatic rings. The van der Waals surface area contributed by atoms with Crippen LogP contribution in [0.1, 0.15) is 42.2 Å². The van der Waals surface area contributed by atoms with Gasteiger partial charge < -0.3 is 9.30 Å². The molecule has 0 saturated heterocycles. The van der Waals surface area contributed by atoms with Crippen molar-refractivity contribution in [3.63, 3.8) is 0 Å². The van der Waals surface area contributed by atoms with Gasteiger partial charge in [-0.2, -0.15) is 0 Å². The molecule has 31 heavy (non-hydrogen) atoms. The van der Waals surface area contributed by atoms with Gasteiger partial charge in [0.15, 0.2) is 12.4 Å². The summed E-state index contributed by atoms with van der Waals surface area (Å²) in [5.41, 5.74) is 1.89. The van der Waals surface area contributed by atoms with E-state index < -0.39 is 18.4 Å². The van der Waals surface area contributed by atoms with E-state index in [1.165, 1.54) is 18.2 Å². The first-order chi connectivity index (χ1) is 14.9. The Morgan fingerprint density at radius 1 is 1.10 bits per heavy atom. The molecule has 0 fully saturated rings. The fourth-order valence-electron chi connectivity index (χ4n) is 3.14. The number of nitrogens with zero attached hydrogens (tertiary/aromatic N) is 2. The van der Waals surface area contributed by atoms with E-state index in [-0.39, 0.29) is 23.4 Å². The number of aromatic nitrogens is 2. The first kappa shape index (κ1) is 23.0. The van der Waals surface area contributed by atoms with Gasteiger partial charge in [-0.3, -0.25) is 14.4 Å². The third kappa shape index (κ3) is 5.71. The average Bonchev–Trinajstić information content (AvgIpc) is 2.77. The SMILES string of the molecule is CCCCn1c(=O)c(CCC(=O)OCC(=O)c2ccc(Cl)c(Cl)c2)nc2ccccc21. The van der Waals surface area contributed by atoms with Gasteiger partial charge in [-0.25, -0.2) is 4.98 Å². The topological polar surface area (TPSA) is 78.3 Å². The summed E-state index contributed by atoms with van der Waals surface area (Å²) in [4.78, 5) is 41.7. The molecule has 3 aromatic rings. The van der Waals surface area contributed by atoms with Crippen LogP contribution in [0.2, 0.25) is 10.0 Å². The molecular formula is C23H22Cl2N2O4. The van der Waals surface area contributed by atoms with Crippen molar-refractivity contribution in [3.8, 4) is 0 Å². The van der Waals surface area contributed by atoms with Gasteiger partial charge in [0, 0.05) is 18.5 Å². The molecule has 0 spiro atoms. The summed E-state index contributed by atoms with van der Waals surface area (Å²) in [6.07, 6.45) is 1.91. The maximum Gasteiger partial charge on any atom is 0.306 e. The Morgan fingerprint density at radius 2 is 1.87 bits per heavy atom. The van der Waals surface area contributed by atoms with E-state index in [1.807, 2.05) is 24.3 Å². The number of aryl methyl sites for hydroxylation is 2. The summed E-state index contributed by atoms with van der Waals surface area (Å²) in [6, 6.07) is 11.9. The highest BCUT2D eigenvalue weighted by Crippen LogP contribution is 2.22. The number of unbranched alkanes of at least 4 members (excludes halogenated alkanes) is 1. The highest BCUT2D eigenvalue weighted by molar-refractivity contribution is 6.42. The first-order valence-electron chi connectivity index (χ1n) is 10.0. The Hall–Kier alpha value is -2.70. The number of fused-ring (bicyclic) bond motifs is 1. The molecule has 6 nitrogen and oxygen atoms in total. The predicted molar refractivity (Wildman–Crippen MR) is 121 cm³/mol. The quantitative estimate of drug-likeness (QED) is 0.336. The minimum atomic E-state index is -0.581. The van der Waals surface area contributed by atoms with Gasteiger partial charge in [0.1, 0.15) is 5.69 Å². The molecule has 0 atom stereocenters. The lowest BCUT2D eigenvalue weighted by Gasteiger charge is -2.12. The zero-order valence-corrected chi connectivity index (χ0v) is 18.6. The number of ketones is 1. The van der Waals surface area contributed by atoms with E-state index in [9.17, 15) is 14.4 Å². The summed E-state index contributed by atoms with van der Waals surface area (Å²) in [5, 5.41) is 0.586. The van der Waals surface area contributed by atoms with Crippen molar-refractivity contribution >= 4 is 46.0 Å². The van der Waals surface area contributed by atoms with Crippen molar-refractivity contribution in [1.29, 1.82) is 0 Å². The molecule has 0 unspecified atom stereocenters. The number of hydrogen-bond acceptors (Lipinski definition) is 5. The number of para-hydroxylation sites is 2. The molecule has 0 radical (unpaired) electrons. The number of benzene rings is 2. The molecular weight excluding hydrogens is 439 g/mol. The third-order valence-electron chi connectivity index (χ3n) is 4.83. The normalized spacial score (nSPS) is 10.9. The summed E-state index contributed by atoms with van der Waals surface area (Å²) in [7, 11) is 0. The fraction of sp³-hybridized carbons (Fsp3) is 0.304. The van der Waals surface area contributed by atoms with Gasteiger partial charge in [-0.1, -0.05) is 48.7 Å². The third-order valence-corrected chi connectivity index (χ3v) is 5.57. The average molecular weight is 461 g/mol. The van der Waals surface area contributed by atoms with E-state index in [4.69, 9.17) is 27.9 Å². The van der Waals surface area contributed by atoms with Gasteiger partial charge in [0.05, 0.1) is 27.5 Å². The van der Waals surface area contributed by atoms with Crippen LogP contribution >= 0.6 is 23.2 Å². The molecule has 0 aliphatic heterocycles. The van der Waals surface area contributed by atoms with Gasteiger partial charge in [0.2, 0.25) is 0 Å². The molecule has 2 aromatic carbocycles. The van der Waals surface area contributed by atoms with Crippen LogP contribution in [-0.2, 0) is 22.5 Å². The fourth-order valence-corrected chi connectivity index (χ4v) is 3.44. The molecule has 0 saturated carbocycles. The molecule has 0 amide bonds. The Kier molecular flexibility index (Phi) is 7.82. The van der Waals surface area contributed by atoms with Crippen LogP contribution in [0.3, 0.4) is 0 Å². The van der Waals surface area contributed by atoms with Gasteiger partial charge in [-0.05, 0) is 36.8 Å². The van der Waals surface area contributed by atoms with Crippen LogP contribution in [0.25, 0.3) is 11.0 Å². The molecule has 162 valence electrons. The monoisotopic (exact) mass is 460 g/mol. The number of halogens is 2. The van der Waals surface area contributed by atoms with Crippen molar-refractivity contribution in [2.24, 2.45) is 0 Å². The molecule has 3 rings (SSSR count). The summed E-state index contributed by atoms with van der Waals surface area (Å²) in [5.74, 6) is -0.972. The van der Waals surface area contributed by atoms with Gasteiger partial charge in [-0.15, -0.1) is 0 Å². The summed E-state index contributed by atoms with van der Waals surface area (Å²) >= 11 is 11.7. The zero-order valence-electron chi connectivity index (χ0n) is 17.1. The number of rotatable bonds is 9. The standard InChI is InChI=1S/C23H22Cl2N2O4/c1-2-3-12-27-20-7-5-4-6-18(20)26-19(23(27)30)10-11-22(29)31-14-21(28)15-8-9-16(24)17(25)13-15/h4-9,13H,2-3,10-12,14H2,1H3. The number of esters is 1. The van der Waals surface area contributed by atoms with Crippen molar-refractivity contribution < 1.29 is 14.3 Å². The van der Waals surface area contributed by atoms with E-state index >= 15 is 0 Å². The number of ether oxygens (including phenoxy) is 1. The van der Waals surface area contributed by atoms with Crippen LogP contribution in [0.15, 0.2) is 47.3 Å². The Balaban J connectivity index is 1.65. The largest absolute Gasteiger partial charge is 0.457 e. The second-order valence-corrected chi connectivity index (χ2v) is 7.88. The number of carbonyl (C=O) groups excluding carboxylic acids is 2. The summed E-state index contributed by atoms with van der Waals surface area (Å²) in [6.45, 7) is 2.24. The van der Waals surface area contributed by atoms with Gasteiger partial charge >= 0.3 is 5.97 Å². The van der Waals surface area contributed by atoms with Crippen LogP contribution < -0.4 is 5.56 Å². The maximum atomic E-state index is 12.9. The molecule has 8 heteroatoms. The predicted octanol–water partition coefficient (Wildman–Crippen LogP) is 4.86. The van der Waals surface area contributed by atoms with Crippen LogP contribution in [0.4, 0.5) is 0 Å². The lowest BCUT2D eigenvalue weighted by atomic mass is 10.1. The molecule has 1 heterocycles. The molecule has 0 aliphatic carbocycles. The minimum absolute atomic E-state index is 0.0526. The zero-order chi connectivity index (χ0) is 22.4. The van der Waals surface area contributed by atoms with Gasteiger partial charge in [0.25, 0.3) is 5.56 Å². The number of hydrogen-bond donors (Lipinski definition) is 0. The summed E-state index contributed by atoms with van der Waals surface area (Å²) < 4.78 is 6.78. The minimum Gasteiger partial charge on any atom is -0.457 e. The highest BCUT2D eigenvalue weighted by atomic mass is 35.5. The second-order valence-electron chi connectivity index (χ2n) is 7.07. The van der Waals surface area contributed by atoms with E-state index in [1.54, 1.807) is 4.57 Å². The number of carbonyl (C=O) groups is 2. The van der Waals surface area contributed by atoms with Crippen LogP contribution in [0, 0.1) is 0 Å². The van der Waals surface area contributed by atoms with Crippen molar-refractivity contribution in [1.82, 2.24) is 9.55 Å². The molecule has 0 bridgehead atoms. The van der Waals surface area contributed by atoms with Crippen molar-refractivity contribution in [2.75, 3.05) is 6.61 Å². The lowest BCUT2D eigenvalue weighted by molar-refractivity contribution is -0.142. The lowest BCUT2D eigenvalue weighted by Crippen LogP contribution is -2.26. The molecule has 0 N–H and O–H groups in total. The Morgan fingerprint density at radius 3 is 2.61 bits per heavy atom. The Labute approximate surface area is 189 Å². The first-order valence-corrected chi connectivity index (χ1v) is 10.8. The smallest absolute Gasteiger partial charge is 0.306 e. The second kappa shape index (κ2) is 10.6. The van der Waals surface area contributed by atoms with Crippen LogP contribution in [0.5, 0.6) is 0 Å². The maximum absolute atomic E-state index is 12.9. The van der Waals surface area contributed by atoms with Crippen molar-refractivity contribution in [2.45, 2.75) is 39.2 Å². The Bertz CT molecular complexity index is 1170. The van der Waals surface area contributed by atoms with Crippen molar-refractivity contribution in [3.05, 3.63) is 74.1 Å². The highest BCUT2D eigenvalue weighted by Gasteiger charge is 2.15. The van der Waals surface area contributed by atoms with E-state index in [0.717, 1.165) is 18.4 Å². The van der Waals surface area contributed by atoms with E-state index in [0.29, 0.717) is 28.3 Å². The molecule has 1 aromatic heterocycles. The van der Waals surface area contributed by atoms with E-state index in [2.05, 4.69) is 11.9 Å². The van der Waals surface area contributed by atoms with Crippen LogP contribution in [-0.4, -0.2) is 27.9 Å². The number of Topliss-reactive ketones (excluding diaryl/α,β-unsaturated/α-hetero) is 1.